The molecular weight excluding hydrogens is 680 g/mol. The number of nitrogens with zero attached hydrogens (tertiary/aromatic N) is 2. The van der Waals surface area contributed by atoms with Crippen molar-refractivity contribution >= 4 is 65.5 Å². The van der Waals surface area contributed by atoms with Crippen LogP contribution in [0.1, 0.15) is 33.6 Å². The highest BCUT2D eigenvalue weighted by Crippen LogP contribution is 2.27. The molecule has 0 bridgehead atoms. The average molecular weight is 708 g/mol. The van der Waals surface area contributed by atoms with Crippen LogP contribution >= 0.6 is 31.9 Å². The number of pyridine rings is 2. The number of halogens is 2. The number of hydrogen-bond acceptors (Lipinski definition) is 4. The zero-order valence-electron chi connectivity index (χ0n) is 23.7. The molecule has 6 aromatic rings. The highest BCUT2D eigenvalue weighted by Gasteiger charge is 2.15. The van der Waals surface area contributed by atoms with E-state index in [1.165, 1.54) is 0 Å². The average Bonchev–Trinajstić information content (AvgIpc) is 3.05. The topological polar surface area (TPSA) is 84.0 Å². The van der Waals surface area contributed by atoms with E-state index in [4.69, 9.17) is 9.97 Å². The Morgan fingerprint density at radius 1 is 0.545 bits per heavy atom. The monoisotopic (exact) mass is 706 g/mol. The first kappa shape index (κ1) is 29.7. The summed E-state index contributed by atoms with van der Waals surface area (Å²) in [6.45, 7) is 0.982. The van der Waals surface area contributed by atoms with Gasteiger partial charge in [-0.05, 0) is 61.4 Å². The summed E-state index contributed by atoms with van der Waals surface area (Å²) in [4.78, 5) is 36.1. The van der Waals surface area contributed by atoms with Crippen molar-refractivity contribution < 1.29 is 9.59 Å². The summed E-state index contributed by atoms with van der Waals surface area (Å²) in [5.41, 5.74) is 6.10. The predicted molar refractivity (Wildman–Crippen MR) is 184 cm³/mol. The van der Waals surface area contributed by atoms with Crippen LogP contribution in [-0.2, 0) is 0 Å². The Labute approximate surface area is 272 Å². The molecule has 0 fully saturated rings. The summed E-state index contributed by atoms with van der Waals surface area (Å²) in [6, 6.07) is 34.8. The second kappa shape index (κ2) is 13.5. The van der Waals surface area contributed by atoms with E-state index in [1.807, 2.05) is 109 Å². The van der Waals surface area contributed by atoms with Gasteiger partial charge in [0.15, 0.2) is 0 Å². The number of rotatable bonds is 9. The number of amides is 2. The van der Waals surface area contributed by atoms with Crippen molar-refractivity contribution in [3.63, 3.8) is 0 Å². The highest BCUT2D eigenvalue weighted by atomic mass is 79.9. The molecule has 0 aliphatic heterocycles. The second-order valence-electron chi connectivity index (χ2n) is 10.4. The minimum atomic E-state index is -0.144. The van der Waals surface area contributed by atoms with E-state index in [0.717, 1.165) is 66.1 Å². The molecule has 2 heterocycles. The zero-order chi connectivity index (χ0) is 30.5. The lowest BCUT2D eigenvalue weighted by atomic mass is 10.0. The summed E-state index contributed by atoms with van der Waals surface area (Å²) < 4.78 is 1.96. The van der Waals surface area contributed by atoms with E-state index in [-0.39, 0.29) is 11.8 Å². The van der Waals surface area contributed by atoms with E-state index < -0.39 is 0 Å². The third-order valence-electron chi connectivity index (χ3n) is 7.38. The summed E-state index contributed by atoms with van der Waals surface area (Å²) in [6.07, 6.45) is 1.44. The molecule has 0 radical (unpaired) electrons. The summed E-state index contributed by atoms with van der Waals surface area (Å²) >= 11 is 6.95. The minimum absolute atomic E-state index is 0.144. The quantitative estimate of drug-likeness (QED) is 0.148. The number of carbonyl (C=O) groups excluding carboxylic acids is 2. The molecule has 4 aromatic carbocycles. The first-order chi connectivity index (χ1) is 21.5. The van der Waals surface area contributed by atoms with E-state index in [2.05, 4.69) is 42.5 Å². The van der Waals surface area contributed by atoms with Gasteiger partial charge in [0.2, 0.25) is 0 Å². The number of carbonyl (C=O) groups is 2. The number of hydrogen-bond donors (Lipinski definition) is 2. The van der Waals surface area contributed by atoms with Gasteiger partial charge in [-0.3, -0.25) is 9.59 Å². The van der Waals surface area contributed by atoms with Crippen LogP contribution in [-0.4, -0.2) is 34.9 Å². The van der Waals surface area contributed by atoms with Gasteiger partial charge in [-0.1, -0.05) is 92.5 Å². The van der Waals surface area contributed by atoms with Crippen LogP contribution in [0.4, 0.5) is 0 Å². The largest absolute Gasteiger partial charge is 0.352 e. The molecule has 0 aliphatic rings. The Morgan fingerprint density at radius 2 is 0.932 bits per heavy atom. The Kier molecular flexibility index (Phi) is 9.09. The van der Waals surface area contributed by atoms with Gasteiger partial charge in [-0.15, -0.1) is 0 Å². The van der Waals surface area contributed by atoms with Crippen LogP contribution in [0.25, 0.3) is 44.3 Å². The number of benzene rings is 4. The molecule has 2 aromatic heterocycles. The van der Waals surface area contributed by atoms with E-state index in [9.17, 15) is 9.59 Å². The van der Waals surface area contributed by atoms with Gasteiger partial charge in [-0.2, -0.15) is 0 Å². The molecule has 0 aliphatic carbocycles. The zero-order valence-corrected chi connectivity index (χ0v) is 26.9. The van der Waals surface area contributed by atoms with Crippen molar-refractivity contribution in [2.45, 2.75) is 12.8 Å². The Morgan fingerprint density at radius 3 is 1.34 bits per heavy atom. The first-order valence-electron chi connectivity index (χ1n) is 14.3. The second-order valence-corrected chi connectivity index (χ2v) is 12.2. The molecule has 44 heavy (non-hydrogen) atoms. The summed E-state index contributed by atoms with van der Waals surface area (Å²) in [5.74, 6) is -0.288. The Bertz CT molecular complexity index is 1830. The molecule has 0 saturated carbocycles. The molecule has 0 atom stereocenters. The highest BCUT2D eigenvalue weighted by molar-refractivity contribution is 9.10. The van der Waals surface area contributed by atoms with Crippen LogP contribution in [0.2, 0.25) is 0 Å². The van der Waals surface area contributed by atoms with Crippen LogP contribution in [0.15, 0.2) is 118 Å². The van der Waals surface area contributed by atoms with Gasteiger partial charge in [0.05, 0.1) is 33.5 Å². The summed E-state index contributed by atoms with van der Waals surface area (Å²) in [5, 5.41) is 7.73. The Balaban J connectivity index is 1.08. The standard InChI is InChI=1S/C36H28Br2N4O2/c37-25-15-11-23(12-16-25)33-21-29(27-7-1-3-9-31(27)41-33)35(43)39-19-5-6-20-40-36(44)30-22-34(24-13-17-26(38)18-14-24)42-32-10-4-2-8-28(30)32/h1-4,7-18,21-22H,5-6,19-20H2,(H,39,43)(H,40,44). The minimum Gasteiger partial charge on any atom is -0.352 e. The van der Waals surface area contributed by atoms with Crippen LogP contribution < -0.4 is 10.6 Å². The molecule has 6 nitrogen and oxygen atoms in total. The van der Waals surface area contributed by atoms with E-state index in [1.54, 1.807) is 0 Å². The molecule has 8 heteroatoms. The number of nitrogens with one attached hydrogen (secondary N) is 2. The molecule has 6 rings (SSSR count). The lowest BCUT2D eigenvalue weighted by molar-refractivity contribution is 0.0941. The number of fused-ring (bicyclic) bond motifs is 2. The van der Waals surface area contributed by atoms with Crippen molar-refractivity contribution in [3.8, 4) is 22.5 Å². The van der Waals surface area contributed by atoms with Gasteiger partial charge in [-0.25, -0.2) is 9.97 Å². The normalized spacial score (nSPS) is 11.0. The fourth-order valence-corrected chi connectivity index (χ4v) is 5.64. The van der Waals surface area contributed by atoms with E-state index >= 15 is 0 Å². The number of unbranched alkanes of at least 4 members (excludes halogenated alkanes) is 1. The maximum atomic E-state index is 13.3. The SMILES string of the molecule is O=C(NCCCCNC(=O)c1cc(-c2ccc(Br)cc2)nc2ccccc12)c1cc(-c2ccc(Br)cc2)nc2ccccc12. The van der Waals surface area contributed by atoms with Gasteiger partial charge in [0, 0.05) is 43.9 Å². The first-order valence-corrected chi connectivity index (χ1v) is 15.9. The third kappa shape index (κ3) is 6.72. The smallest absolute Gasteiger partial charge is 0.252 e. The molecule has 0 spiro atoms. The van der Waals surface area contributed by atoms with Gasteiger partial charge >= 0.3 is 0 Å². The predicted octanol–water partition coefficient (Wildman–Crippen LogP) is 8.58. The van der Waals surface area contributed by atoms with E-state index in [0.29, 0.717) is 24.2 Å². The van der Waals surface area contributed by atoms with Gasteiger partial charge < -0.3 is 10.6 Å². The number of para-hydroxylation sites is 2. The van der Waals surface area contributed by atoms with Gasteiger partial charge in [0.1, 0.15) is 0 Å². The maximum Gasteiger partial charge on any atom is 0.252 e. The van der Waals surface area contributed by atoms with Gasteiger partial charge in [0.25, 0.3) is 11.8 Å². The lowest BCUT2D eigenvalue weighted by Crippen LogP contribution is -2.27. The molecule has 2 amide bonds. The van der Waals surface area contributed by atoms with Crippen LogP contribution in [0.5, 0.6) is 0 Å². The maximum absolute atomic E-state index is 13.3. The lowest BCUT2D eigenvalue weighted by Gasteiger charge is -2.12. The molecule has 218 valence electrons. The van der Waals surface area contributed by atoms with Crippen molar-refractivity contribution in [1.82, 2.24) is 20.6 Å². The van der Waals surface area contributed by atoms with Crippen molar-refractivity contribution in [2.75, 3.05) is 13.1 Å². The van der Waals surface area contributed by atoms with Crippen LogP contribution in [0.3, 0.4) is 0 Å². The van der Waals surface area contributed by atoms with Crippen LogP contribution in [0, 0.1) is 0 Å². The molecule has 2 N–H and O–H groups in total. The third-order valence-corrected chi connectivity index (χ3v) is 8.43. The number of aromatic nitrogens is 2. The van der Waals surface area contributed by atoms with Crippen molar-refractivity contribution in [2.24, 2.45) is 0 Å². The summed E-state index contributed by atoms with van der Waals surface area (Å²) in [7, 11) is 0. The fraction of sp³-hybridized carbons (Fsp3) is 0.111. The molecule has 0 saturated heterocycles. The van der Waals surface area contributed by atoms with Crippen molar-refractivity contribution in [3.05, 3.63) is 129 Å². The van der Waals surface area contributed by atoms with Crippen molar-refractivity contribution in [1.29, 1.82) is 0 Å². The fourth-order valence-electron chi connectivity index (χ4n) is 5.11. The molecular formula is C36H28Br2N4O2. The molecule has 0 unspecified atom stereocenters. The Hall–Kier alpha value is -4.40.